The molecule has 1 N–H and O–H groups in total. The van der Waals surface area contributed by atoms with Crippen LogP contribution in [0.5, 0.6) is 0 Å². The molecule has 0 bridgehead atoms. The Bertz CT molecular complexity index is 532. The van der Waals surface area contributed by atoms with Gasteiger partial charge in [-0.15, -0.1) is 0 Å². The summed E-state index contributed by atoms with van der Waals surface area (Å²) >= 11 is 0. The van der Waals surface area contributed by atoms with Crippen molar-refractivity contribution >= 4 is 23.8 Å². The number of nitrogens with one attached hydrogen (secondary N) is 1. The summed E-state index contributed by atoms with van der Waals surface area (Å²) in [5.74, 6) is -2.97. The van der Waals surface area contributed by atoms with Crippen molar-refractivity contribution in [2.45, 2.75) is 46.1 Å². The Labute approximate surface area is 159 Å². The Morgan fingerprint density at radius 1 is 1.00 bits per heavy atom. The third kappa shape index (κ3) is 6.20. The molecule has 0 aromatic heterocycles. The lowest BCUT2D eigenvalue weighted by Gasteiger charge is -2.38. The van der Waals surface area contributed by atoms with Gasteiger partial charge < -0.3 is 19.5 Å². The van der Waals surface area contributed by atoms with Gasteiger partial charge in [-0.25, -0.2) is 9.59 Å². The number of hydrogen-bond donors (Lipinski definition) is 1. The summed E-state index contributed by atoms with van der Waals surface area (Å²) in [5.41, 5.74) is -1.98. The lowest BCUT2D eigenvalue weighted by Crippen LogP contribution is -2.67. The molecule has 1 aliphatic rings. The van der Waals surface area contributed by atoms with E-state index >= 15 is 0 Å². The molecule has 1 aliphatic heterocycles. The molecule has 0 unspecified atom stereocenters. The highest BCUT2D eigenvalue weighted by Gasteiger charge is 2.51. The molecule has 1 amide bonds. The maximum absolute atomic E-state index is 12.7. The predicted molar refractivity (Wildman–Crippen MR) is 95.6 cm³/mol. The standard InChI is InChI=1S/C18H30N2O7/c1-5-25-15(22)14-9-8-10-20(11-14)12-18(19-13(4)21,16(23)26-6-2)17(24)27-7-3/h14H,5-12H2,1-4H3,(H,19,21)/t14-/m0/s1. The highest BCUT2D eigenvalue weighted by molar-refractivity contribution is 6.08. The van der Waals surface area contributed by atoms with Crippen molar-refractivity contribution in [3.63, 3.8) is 0 Å². The number of carbonyl (C=O) groups excluding carboxylic acids is 4. The zero-order valence-electron chi connectivity index (χ0n) is 16.5. The lowest BCUT2D eigenvalue weighted by molar-refractivity contribution is -0.169. The van der Waals surface area contributed by atoms with Crippen LogP contribution in [0.3, 0.4) is 0 Å². The third-order valence-corrected chi connectivity index (χ3v) is 4.22. The van der Waals surface area contributed by atoms with Crippen LogP contribution < -0.4 is 5.32 Å². The van der Waals surface area contributed by atoms with E-state index in [9.17, 15) is 19.2 Å². The molecule has 0 aromatic rings. The van der Waals surface area contributed by atoms with Crippen molar-refractivity contribution in [3.8, 4) is 0 Å². The summed E-state index contributed by atoms with van der Waals surface area (Å²) in [7, 11) is 0. The van der Waals surface area contributed by atoms with E-state index in [2.05, 4.69) is 5.32 Å². The van der Waals surface area contributed by atoms with Crippen LogP contribution in [0.25, 0.3) is 0 Å². The summed E-state index contributed by atoms with van der Waals surface area (Å²) in [6.45, 7) is 7.30. The van der Waals surface area contributed by atoms with E-state index in [0.717, 1.165) is 0 Å². The molecule has 1 rings (SSSR count). The lowest BCUT2D eigenvalue weighted by atomic mass is 9.93. The first-order valence-electron chi connectivity index (χ1n) is 9.32. The first-order chi connectivity index (χ1) is 12.8. The van der Waals surface area contributed by atoms with Gasteiger partial charge in [0.1, 0.15) is 0 Å². The number of nitrogens with zero attached hydrogens (tertiary/aromatic N) is 1. The van der Waals surface area contributed by atoms with Crippen LogP contribution in [0.15, 0.2) is 0 Å². The van der Waals surface area contributed by atoms with Gasteiger partial charge in [-0.2, -0.15) is 0 Å². The Kier molecular flexibility index (Phi) is 9.20. The van der Waals surface area contributed by atoms with Gasteiger partial charge in [0.25, 0.3) is 0 Å². The summed E-state index contributed by atoms with van der Waals surface area (Å²) in [6, 6.07) is 0. The van der Waals surface area contributed by atoms with Crippen molar-refractivity contribution in [1.82, 2.24) is 10.2 Å². The van der Waals surface area contributed by atoms with Gasteiger partial charge >= 0.3 is 17.9 Å². The molecule has 27 heavy (non-hydrogen) atoms. The first kappa shape index (κ1) is 22.9. The molecular weight excluding hydrogens is 356 g/mol. The van der Waals surface area contributed by atoms with Crippen LogP contribution in [0.4, 0.5) is 0 Å². The number of hydrogen-bond acceptors (Lipinski definition) is 8. The summed E-state index contributed by atoms with van der Waals surface area (Å²) in [4.78, 5) is 50.9. The molecule has 0 radical (unpaired) electrons. The molecule has 1 atom stereocenters. The SMILES string of the molecule is CCOC(=O)[C@H]1CCCN(CC(NC(C)=O)(C(=O)OCC)C(=O)OCC)C1. The van der Waals surface area contributed by atoms with Gasteiger partial charge in [-0.1, -0.05) is 0 Å². The van der Waals surface area contributed by atoms with Gasteiger partial charge in [-0.05, 0) is 40.2 Å². The molecule has 0 saturated carbocycles. The van der Waals surface area contributed by atoms with Gasteiger partial charge in [0.2, 0.25) is 11.4 Å². The third-order valence-electron chi connectivity index (χ3n) is 4.22. The molecule has 1 heterocycles. The number of rotatable bonds is 9. The van der Waals surface area contributed by atoms with Gasteiger partial charge in [0.15, 0.2) is 0 Å². The fourth-order valence-electron chi connectivity index (χ4n) is 3.15. The maximum atomic E-state index is 12.7. The average molecular weight is 386 g/mol. The number of amides is 1. The monoisotopic (exact) mass is 386 g/mol. The topological polar surface area (TPSA) is 111 Å². The van der Waals surface area contributed by atoms with Crippen LogP contribution in [-0.4, -0.2) is 73.7 Å². The largest absolute Gasteiger partial charge is 0.466 e. The second kappa shape index (κ2) is 10.9. The van der Waals surface area contributed by atoms with E-state index in [1.54, 1.807) is 25.7 Å². The van der Waals surface area contributed by atoms with Gasteiger partial charge in [-0.3, -0.25) is 14.5 Å². The number of esters is 3. The minimum absolute atomic E-state index is 0.0467. The van der Waals surface area contributed by atoms with Crippen molar-refractivity contribution in [2.24, 2.45) is 5.92 Å². The zero-order chi connectivity index (χ0) is 20.4. The molecule has 0 spiro atoms. The maximum Gasteiger partial charge on any atom is 0.345 e. The fraction of sp³-hybridized carbons (Fsp3) is 0.778. The van der Waals surface area contributed by atoms with Crippen molar-refractivity contribution < 1.29 is 33.4 Å². The zero-order valence-corrected chi connectivity index (χ0v) is 16.5. The van der Waals surface area contributed by atoms with Crippen LogP contribution in [0.2, 0.25) is 0 Å². The molecule has 0 aliphatic carbocycles. The molecular formula is C18H30N2O7. The van der Waals surface area contributed by atoms with Crippen molar-refractivity contribution in [1.29, 1.82) is 0 Å². The van der Waals surface area contributed by atoms with Crippen LogP contribution in [0, 0.1) is 5.92 Å². The van der Waals surface area contributed by atoms with Crippen LogP contribution in [0.1, 0.15) is 40.5 Å². The molecule has 1 fully saturated rings. The van der Waals surface area contributed by atoms with E-state index < -0.39 is 23.4 Å². The summed E-state index contributed by atoms with van der Waals surface area (Å²) in [5, 5.41) is 2.43. The van der Waals surface area contributed by atoms with Crippen molar-refractivity contribution in [3.05, 3.63) is 0 Å². The smallest absolute Gasteiger partial charge is 0.345 e. The molecule has 0 aromatic carbocycles. The highest BCUT2D eigenvalue weighted by atomic mass is 16.6. The van der Waals surface area contributed by atoms with Gasteiger partial charge in [0, 0.05) is 20.0 Å². The Hall–Kier alpha value is -2.16. The van der Waals surface area contributed by atoms with E-state index in [1.807, 2.05) is 0 Å². The average Bonchev–Trinajstić information content (AvgIpc) is 2.61. The predicted octanol–water partition coefficient (Wildman–Crippen LogP) is 0.263. The van der Waals surface area contributed by atoms with Crippen LogP contribution in [-0.2, 0) is 33.4 Å². The number of carbonyl (C=O) groups is 4. The molecule has 9 heteroatoms. The summed E-state index contributed by atoms with van der Waals surface area (Å²) < 4.78 is 15.2. The van der Waals surface area contributed by atoms with E-state index in [0.29, 0.717) is 25.9 Å². The second-order valence-corrected chi connectivity index (χ2v) is 6.35. The quantitative estimate of drug-likeness (QED) is 0.341. The number of piperidine rings is 1. The normalized spacial score (nSPS) is 17.7. The van der Waals surface area contributed by atoms with E-state index in [1.165, 1.54) is 6.92 Å². The highest BCUT2D eigenvalue weighted by Crippen LogP contribution is 2.22. The minimum atomic E-state index is -1.98. The molecule has 154 valence electrons. The molecule has 9 nitrogen and oxygen atoms in total. The number of likely N-dealkylation sites (tertiary alicyclic amines) is 1. The van der Waals surface area contributed by atoms with E-state index in [4.69, 9.17) is 14.2 Å². The summed E-state index contributed by atoms with van der Waals surface area (Å²) in [6.07, 6.45) is 1.37. The Morgan fingerprint density at radius 3 is 2.04 bits per heavy atom. The fourth-order valence-corrected chi connectivity index (χ4v) is 3.15. The number of ether oxygens (including phenoxy) is 3. The van der Waals surface area contributed by atoms with E-state index in [-0.39, 0.29) is 38.3 Å². The second-order valence-electron chi connectivity index (χ2n) is 6.35. The van der Waals surface area contributed by atoms with Gasteiger partial charge in [0.05, 0.1) is 25.7 Å². The minimum Gasteiger partial charge on any atom is -0.466 e. The Morgan fingerprint density at radius 2 is 1.56 bits per heavy atom. The molecule has 1 saturated heterocycles. The Balaban J connectivity index is 3.09. The van der Waals surface area contributed by atoms with Crippen LogP contribution >= 0.6 is 0 Å². The van der Waals surface area contributed by atoms with Crippen molar-refractivity contribution in [2.75, 3.05) is 39.5 Å². The first-order valence-corrected chi connectivity index (χ1v) is 9.32.